The van der Waals surface area contributed by atoms with E-state index in [0.717, 1.165) is 5.56 Å². The molecular weight excluding hydrogens is 259 g/mol. The van der Waals surface area contributed by atoms with Gasteiger partial charge in [-0.15, -0.1) is 0 Å². The van der Waals surface area contributed by atoms with E-state index >= 15 is 0 Å². The first-order chi connectivity index (χ1) is 9.47. The maximum atomic E-state index is 13.4. The molecule has 5 heteroatoms. The third-order valence-electron chi connectivity index (χ3n) is 3.14. The molecule has 0 aromatic heterocycles. The van der Waals surface area contributed by atoms with E-state index in [0.29, 0.717) is 23.4 Å². The largest absolute Gasteiger partial charge is 0.381 e. The predicted molar refractivity (Wildman–Crippen MR) is 76.3 cm³/mol. The first-order valence-corrected chi connectivity index (χ1v) is 6.21. The third kappa shape index (κ3) is 3.12. The zero-order valence-corrected chi connectivity index (χ0v) is 11.3. The molecule has 0 spiro atoms. The highest BCUT2D eigenvalue weighted by atomic mass is 19.1. The average molecular weight is 274 g/mol. The quantitative estimate of drug-likeness (QED) is 0.678. The van der Waals surface area contributed by atoms with Crippen LogP contribution in [0.1, 0.15) is 16.7 Å². The molecule has 0 aliphatic carbocycles. The van der Waals surface area contributed by atoms with Gasteiger partial charge in [0.25, 0.3) is 5.69 Å². The predicted octanol–water partition coefficient (Wildman–Crippen LogP) is 3.96. The molecule has 0 radical (unpaired) electrons. The van der Waals surface area contributed by atoms with Crippen LogP contribution in [0.25, 0.3) is 0 Å². The summed E-state index contributed by atoms with van der Waals surface area (Å²) in [5.74, 6) is -0.251. The van der Waals surface area contributed by atoms with Crippen molar-refractivity contribution in [1.29, 1.82) is 0 Å². The first kappa shape index (κ1) is 14.0. The highest BCUT2D eigenvalue weighted by Crippen LogP contribution is 2.22. The molecule has 4 nitrogen and oxygen atoms in total. The van der Waals surface area contributed by atoms with Gasteiger partial charge in [0.2, 0.25) is 0 Å². The molecule has 104 valence electrons. The van der Waals surface area contributed by atoms with Crippen LogP contribution in [0.15, 0.2) is 36.4 Å². The lowest BCUT2D eigenvalue weighted by molar-refractivity contribution is -0.385. The molecule has 0 atom stereocenters. The maximum absolute atomic E-state index is 13.4. The molecule has 20 heavy (non-hydrogen) atoms. The van der Waals surface area contributed by atoms with Crippen LogP contribution in [-0.4, -0.2) is 4.92 Å². The molecule has 2 aromatic rings. The normalized spacial score (nSPS) is 10.3. The monoisotopic (exact) mass is 274 g/mol. The van der Waals surface area contributed by atoms with E-state index in [1.807, 2.05) is 6.07 Å². The minimum atomic E-state index is -0.411. The Labute approximate surface area is 116 Å². The molecular formula is C15H15FN2O2. The van der Waals surface area contributed by atoms with E-state index in [1.165, 1.54) is 12.1 Å². The standard InChI is InChI=1S/C15H15FN2O2/c1-10-3-5-12(7-14(10)16)9-17-13-6-4-11(2)15(8-13)18(19)20/h3-8,17H,9H2,1-2H3. The summed E-state index contributed by atoms with van der Waals surface area (Å²) in [7, 11) is 0. The smallest absolute Gasteiger partial charge is 0.274 e. The summed E-state index contributed by atoms with van der Waals surface area (Å²) in [6.45, 7) is 3.81. The van der Waals surface area contributed by atoms with Crippen molar-refractivity contribution >= 4 is 11.4 Å². The minimum absolute atomic E-state index is 0.0742. The molecule has 0 aliphatic rings. The van der Waals surface area contributed by atoms with E-state index in [9.17, 15) is 14.5 Å². The van der Waals surface area contributed by atoms with Crippen molar-refractivity contribution in [3.8, 4) is 0 Å². The van der Waals surface area contributed by atoms with Gasteiger partial charge >= 0.3 is 0 Å². The fourth-order valence-electron chi connectivity index (χ4n) is 1.87. The first-order valence-electron chi connectivity index (χ1n) is 6.21. The van der Waals surface area contributed by atoms with Crippen LogP contribution in [0.5, 0.6) is 0 Å². The topological polar surface area (TPSA) is 55.2 Å². The van der Waals surface area contributed by atoms with E-state index in [1.54, 1.807) is 32.0 Å². The molecule has 0 amide bonds. The second-order valence-electron chi connectivity index (χ2n) is 4.70. The van der Waals surface area contributed by atoms with Crippen molar-refractivity contribution < 1.29 is 9.31 Å². The van der Waals surface area contributed by atoms with Gasteiger partial charge in [0.1, 0.15) is 5.82 Å². The Balaban J connectivity index is 2.12. The van der Waals surface area contributed by atoms with Gasteiger partial charge in [0.15, 0.2) is 0 Å². The number of nitro groups is 1. The van der Waals surface area contributed by atoms with E-state index in [4.69, 9.17) is 0 Å². The Kier molecular flexibility index (Phi) is 3.98. The highest BCUT2D eigenvalue weighted by Gasteiger charge is 2.10. The molecule has 0 bridgehead atoms. The van der Waals surface area contributed by atoms with Crippen LogP contribution in [0.4, 0.5) is 15.8 Å². The van der Waals surface area contributed by atoms with Crippen LogP contribution >= 0.6 is 0 Å². The SMILES string of the molecule is Cc1ccc(CNc2ccc(C)c([N+](=O)[O-])c2)cc1F. The molecule has 1 N–H and O–H groups in total. The molecule has 0 saturated carbocycles. The van der Waals surface area contributed by atoms with Crippen LogP contribution in [0, 0.1) is 29.8 Å². The lowest BCUT2D eigenvalue weighted by atomic mass is 10.1. The van der Waals surface area contributed by atoms with Crippen molar-refractivity contribution in [1.82, 2.24) is 0 Å². The number of nitro benzene ring substituents is 1. The number of hydrogen-bond donors (Lipinski definition) is 1. The van der Waals surface area contributed by atoms with Crippen molar-refractivity contribution in [2.75, 3.05) is 5.32 Å². The Morgan fingerprint density at radius 3 is 2.50 bits per heavy atom. The van der Waals surface area contributed by atoms with Crippen LogP contribution in [0.2, 0.25) is 0 Å². The molecule has 0 unspecified atom stereocenters. The van der Waals surface area contributed by atoms with Crippen LogP contribution in [0.3, 0.4) is 0 Å². The zero-order chi connectivity index (χ0) is 14.7. The van der Waals surface area contributed by atoms with Gasteiger partial charge in [-0.05, 0) is 37.1 Å². The Morgan fingerprint density at radius 1 is 1.15 bits per heavy atom. The summed E-state index contributed by atoms with van der Waals surface area (Å²) in [4.78, 5) is 10.4. The summed E-state index contributed by atoms with van der Waals surface area (Å²) in [5.41, 5.74) is 2.71. The average Bonchev–Trinajstić information content (AvgIpc) is 2.41. The van der Waals surface area contributed by atoms with Gasteiger partial charge in [-0.2, -0.15) is 0 Å². The number of aryl methyl sites for hydroxylation is 2. The van der Waals surface area contributed by atoms with Crippen LogP contribution < -0.4 is 5.32 Å². The molecule has 2 rings (SSSR count). The summed E-state index contributed by atoms with van der Waals surface area (Å²) in [5, 5.41) is 13.9. The summed E-state index contributed by atoms with van der Waals surface area (Å²) in [6.07, 6.45) is 0. The summed E-state index contributed by atoms with van der Waals surface area (Å²) in [6, 6.07) is 9.95. The maximum Gasteiger partial charge on any atom is 0.274 e. The number of halogens is 1. The van der Waals surface area contributed by atoms with Crippen molar-refractivity contribution in [2.24, 2.45) is 0 Å². The van der Waals surface area contributed by atoms with Crippen molar-refractivity contribution in [3.05, 3.63) is 69.0 Å². The molecule has 0 aliphatic heterocycles. The fourth-order valence-corrected chi connectivity index (χ4v) is 1.87. The van der Waals surface area contributed by atoms with Gasteiger partial charge in [0, 0.05) is 23.9 Å². The number of anilines is 1. The number of benzene rings is 2. The highest BCUT2D eigenvalue weighted by molar-refractivity contribution is 5.55. The fraction of sp³-hybridized carbons (Fsp3) is 0.200. The zero-order valence-electron chi connectivity index (χ0n) is 11.3. The van der Waals surface area contributed by atoms with Gasteiger partial charge in [-0.3, -0.25) is 10.1 Å². The van der Waals surface area contributed by atoms with Gasteiger partial charge in [-0.1, -0.05) is 18.2 Å². The Morgan fingerprint density at radius 2 is 1.85 bits per heavy atom. The molecule has 0 saturated heterocycles. The van der Waals surface area contributed by atoms with Crippen molar-refractivity contribution in [3.63, 3.8) is 0 Å². The summed E-state index contributed by atoms with van der Waals surface area (Å²) >= 11 is 0. The van der Waals surface area contributed by atoms with Gasteiger partial charge in [-0.25, -0.2) is 4.39 Å². The number of nitrogens with zero attached hydrogens (tertiary/aromatic N) is 1. The van der Waals surface area contributed by atoms with Crippen molar-refractivity contribution in [2.45, 2.75) is 20.4 Å². The number of nitrogens with one attached hydrogen (secondary N) is 1. The second-order valence-corrected chi connectivity index (χ2v) is 4.70. The number of hydrogen-bond acceptors (Lipinski definition) is 3. The third-order valence-corrected chi connectivity index (χ3v) is 3.14. The second kappa shape index (κ2) is 5.69. The summed E-state index contributed by atoms with van der Waals surface area (Å²) < 4.78 is 13.4. The molecule has 2 aromatic carbocycles. The van der Waals surface area contributed by atoms with E-state index < -0.39 is 4.92 Å². The van der Waals surface area contributed by atoms with Gasteiger partial charge in [0.05, 0.1) is 4.92 Å². The van der Waals surface area contributed by atoms with Gasteiger partial charge < -0.3 is 5.32 Å². The Hall–Kier alpha value is -2.43. The molecule has 0 fully saturated rings. The van der Waals surface area contributed by atoms with E-state index in [2.05, 4.69) is 5.32 Å². The Bertz CT molecular complexity index is 656. The minimum Gasteiger partial charge on any atom is -0.381 e. The lowest BCUT2D eigenvalue weighted by Gasteiger charge is -2.08. The van der Waals surface area contributed by atoms with E-state index in [-0.39, 0.29) is 11.5 Å². The van der Waals surface area contributed by atoms with Crippen LogP contribution in [-0.2, 0) is 6.54 Å². The molecule has 0 heterocycles. The lowest BCUT2D eigenvalue weighted by Crippen LogP contribution is -2.01. The number of rotatable bonds is 4.